The third kappa shape index (κ3) is 1.68. The first-order valence-corrected chi connectivity index (χ1v) is 6.85. The van der Waals surface area contributed by atoms with Gasteiger partial charge in [0.25, 0.3) is 0 Å². The molecule has 1 aliphatic heterocycles. The molecular formula is C12H20BrNO. The van der Waals surface area contributed by atoms with Crippen molar-refractivity contribution in [2.75, 3.05) is 11.9 Å². The Hall–Kier alpha value is 0.110. The fourth-order valence-electron chi connectivity index (χ4n) is 3.25. The largest absolute Gasteiger partial charge is 0.310 e. The number of piperidine rings is 1. The Labute approximate surface area is 100 Å². The van der Waals surface area contributed by atoms with E-state index in [4.69, 9.17) is 0 Å². The van der Waals surface area contributed by atoms with Gasteiger partial charge >= 0.3 is 0 Å². The van der Waals surface area contributed by atoms with Gasteiger partial charge in [-0.1, -0.05) is 36.7 Å². The maximum Gasteiger partial charge on any atom is 0.146 e. The summed E-state index contributed by atoms with van der Waals surface area (Å²) in [6, 6.07) is 0. The molecule has 0 aromatic heterocycles. The Morgan fingerprint density at radius 2 is 2.13 bits per heavy atom. The van der Waals surface area contributed by atoms with Crippen LogP contribution >= 0.6 is 15.9 Å². The van der Waals surface area contributed by atoms with E-state index in [1.165, 1.54) is 6.42 Å². The van der Waals surface area contributed by atoms with Gasteiger partial charge in [0.1, 0.15) is 5.78 Å². The summed E-state index contributed by atoms with van der Waals surface area (Å²) in [5, 5.41) is 4.17. The molecule has 3 heteroatoms. The van der Waals surface area contributed by atoms with Gasteiger partial charge < -0.3 is 5.32 Å². The van der Waals surface area contributed by atoms with Gasteiger partial charge in [-0.3, -0.25) is 4.79 Å². The Balaban J connectivity index is 2.19. The average molecular weight is 274 g/mol. The molecule has 0 aromatic rings. The number of hydrogen-bond acceptors (Lipinski definition) is 2. The van der Waals surface area contributed by atoms with Gasteiger partial charge in [-0.2, -0.15) is 0 Å². The molecule has 0 radical (unpaired) electrons. The molecule has 3 unspecified atom stereocenters. The average Bonchev–Trinajstić information content (AvgIpc) is 2.73. The Morgan fingerprint density at radius 1 is 1.47 bits per heavy atom. The second-order valence-corrected chi connectivity index (χ2v) is 6.65. The van der Waals surface area contributed by atoms with E-state index in [9.17, 15) is 4.79 Å². The van der Waals surface area contributed by atoms with Crippen LogP contribution in [0.5, 0.6) is 0 Å². The molecule has 86 valence electrons. The zero-order chi connectivity index (χ0) is 11.3. The first kappa shape index (κ1) is 11.6. The quantitative estimate of drug-likeness (QED) is 0.783. The topological polar surface area (TPSA) is 29.1 Å². The molecule has 1 aliphatic carbocycles. The molecule has 1 N–H and O–H groups in total. The zero-order valence-corrected chi connectivity index (χ0v) is 11.4. The number of hydrogen-bond donors (Lipinski definition) is 1. The van der Waals surface area contributed by atoms with Crippen molar-refractivity contribution in [3.63, 3.8) is 0 Å². The van der Waals surface area contributed by atoms with Gasteiger partial charge in [0, 0.05) is 11.5 Å². The number of carbonyl (C=O) groups excluding carboxylic acids is 1. The standard InChI is InChI=1S/C12H20BrNO/c1-11(2,3)12-4-8(7-14-12)9(5-12)10(15)6-13/h8-9,14H,4-7H2,1-3H3. The summed E-state index contributed by atoms with van der Waals surface area (Å²) in [5.74, 6) is 1.27. The van der Waals surface area contributed by atoms with Crippen molar-refractivity contribution in [1.82, 2.24) is 5.32 Å². The number of carbonyl (C=O) groups is 1. The van der Waals surface area contributed by atoms with Crippen LogP contribution in [0.1, 0.15) is 33.6 Å². The van der Waals surface area contributed by atoms with Crippen molar-refractivity contribution in [3.8, 4) is 0 Å². The summed E-state index contributed by atoms with van der Waals surface area (Å²) in [6.07, 6.45) is 2.21. The number of Topliss-reactive ketones (excluding diaryl/α,β-unsaturated/α-hetero) is 1. The number of alkyl halides is 1. The summed E-state index contributed by atoms with van der Waals surface area (Å²) < 4.78 is 0. The highest BCUT2D eigenvalue weighted by atomic mass is 79.9. The van der Waals surface area contributed by atoms with E-state index in [0.717, 1.165) is 13.0 Å². The fourth-order valence-corrected chi connectivity index (χ4v) is 3.67. The van der Waals surface area contributed by atoms with Crippen molar-refractivity contribution in [1.29, 1.82) is 0 Å². The molecule has 1 heterocycles. The first-order valence-electron chi connectivity index (χ1n) is 5.73. The smallest absolute Gasteiger partial charge is 0.146 e. The molecule has 1 saturated heterocycles. The number of rotatable bonds is 2. The molecular weight excluding hydrogens is 254 g/mol. The lowest BCUT2D eigenvalue weighted by Crippen LogP contribution is -2.52. The van der Waals surface area contributed by atoms with Crippen LogP contribution in [0.15, 0.2) is 0 Å². The third-order valence-electron chi connectivity index (χ3n) is 4.43. The predicted octanol–water partition coefficient (Wildman–Crippen LogP) is 2.36. The SMILES string of the molecule is CC(C)(C)C12CC(CN1)C(C(=O)CBr)C2. The summed E-state index contributed by atoms with van der Waals surface area (Å²) in [6.45, 7) is 7.87. The van der Waals surface area contributed by atoms with Gasteiger partial charge in [-0.05, 0) is 30.7 Å². The second kappa shape index (κ2) is 3.56. The molecule has 0 spiro atoms. The van der Waals surface area contributed by atoms with Crippen molar-refractivity contribution in [2.45, 2.75) is 39.2 Å². The highest BCUT2D eigenvalue weighted by Gasteiger charge is 2.57. The van der Waals surface area contributed by atoms with E-state index in [1.54, 1.807) is 0 Å². The first-order chi connectivity index (χ1) is 6.89. The zero-order valence-electron chi connectivity index (χ0n) is 9.77. The van der Waals surface area contributed by atoms with Crippen molar-refractivity contribution < 1.29 is 4.79 Å². The van der Waals surface area contributed by atoms with Crippen molar-refractivity contribution in [3.05, 3.63) is 0 Å². The number of fused-ring (bicyclic) bond motifs is 2. The molecule has 2 aliphatic rings. The van der Waals surface area contributed by atoms with Gasteiger partial charge in [0.2, 0.25) is 0 Å². The molecule has 0 aromatic carbocycles. The maximum absolute atomic E-state index is 11.8. The fraction of sp³-hybridized carbons (Fsp3) is 0.917. The van der Waals surface area contributed by atoms with Crippen LogP contribution in [-0.4, -0.2) is 23.2 Å². The van der Waals surface area contributed by atoms with E-state index >= 15 is 0 Å². The van der Waals surface area contributed by atoms with Gasteiger partial charge in [0.05, 0.1) is 5.33 Å². The van der Waals surface area contributed by atoms with Gasteiger partial charge in [-0.25, -0.2) is 0 Å². The van der Waals surface area contributed by atoms with Crippen LogP contribution < -0.4 is 5.32 Å². The monoisotopic (exact) mass is 273 g/mol. The molecule has 2 bridgehead atoms. The molecule has 15 heavy (non-hydrogen) atoms. The highest BCUT2D eigenvalue weighted by Crippen LogP contribution is 2.52. The molecule has 1 saturated carbocycles. The lowest BCUT2D eigenvalue weighted by atomic mass is 9.72. The minimum absolute atomic E-state index is 0.208. The predicted molar refractivity (Wildman–Crippen MR) is 65.2 cm³/mol. The van der Waals surface area contributed by atoms with Crippen LogP contribution in [0.2, 0.25) is 0 Å². The Morgan fingerprint density at radius 3 is 2.60 bits per heavy atom. The summed E-state index contributed by atoms with van der Waals surface area (Å²) in [5.41, 5.74) is 0.462. The van der Waals surface area contributed by atoms with E-state index in [0.29, 0.717) is 22.9 Å². The summed E-state index contributed by atoms with van der Waals surface area (Å²) >= 11 is 3.29. The minimum Gasteiger partial charge on any atom is -0.310 e. The molecule has 0 amide bonds. The van der Waals surface area contributed by atoms with Crippen LogP contribution in [0, 0.1) is 17.3 Å². The van der Waals surface area contributed by atoms with E-state index in [2.05, 4.69) is 42.0 Å². The van der Waals surface area contributed by atoms with Crippen LogP contribution in [0.3, 0.4) is 0 Å². The van der Waals surface area contributed by atoms with Crippen molar-refractivity contribution >= 4 is 21.7 Å². The highest BCUT2D eigenvalue weighted by molar-refractivity contribution is 9.09. The van der Waals surface area contributed by atoms with E-state index < -0.39 is 0 Å². The normalized spacial score (nSPS) is 39.7. The Kier molecular flexibility index (Phi) is 2.75. The number of nitrogens with one attached hydrogen (secondary N) is 1. The molecule has 2 nitrogen and oxygen atoms in total. The van der Waals surface area contributed by atoms with E-state index in [-0.39, 0.29) is 11.0 Å². The lowest BCUT2D eigenvalue weighted by molar-refractivity contribution is -0.121. The molecule has 3 atom stereocenters. The van der Waals surface area contributed by atoms with Gasteiger partial charge in [0.15, 0.2) is 0 Å². The van der Waals surface area contributed by atoms with Gasteiger partial charge in [-0.15, -0.1) is 0 Å². The minimum atomic E-state index is 0.208. The Bertz CT molecular complexity index is 284. The van der Waals surface area contributed by atoms with Crippen LogP contribution in [0.4, 0.5) is 0 Å². The van der Waals surface area contributed by atoms with Crippen LogP contribution in [0.25, 0.3) is 0 Å². The van der Waals surface area contributed by atoms with Crippen molar-refractivity contribution in [2.24, 2.45) is 17.3 Å². The van der Waals surface area contributed by atoms with Crippen LogP contribution in [-0.2, 0) is 4.79 Å². The molecule has 2 rings (SSSR count). The maximum atomic E-state index is 11.8. The molecule has 2 fully saturated rings. The number of halogens is 1. The lowest BCUT2D eigenvalue weighted by Gasteiger charge is -2.42. The number of ketones is 1. The third-order valence-corrected chi connectivity index (χ3v) is 4.98. The van der Waals surface area contributed by atoms with E-state index in [1.807, 2.05) is 0 Å². The second-order valence-electron chi connectivity index (χ2n) is 6.09. The summed E-state index contributed by atoms with van der Waals surface area (Å²) in [4.78, 5) is 11.8. The summed E-state index contributed by atoms with van der Waals surface area (Å²) in [7, 11) is 0.